The summed E-state index contributed by atoms with van der Waals surface area (Å²) in [6, 6.07) is 12.6. The number of ether oxygens (including phenoxy) is 2. The van der Waals surface area contributed by atoms with Crippen molar-refractivity contribution in [3.05, 3.63) is 53.6 Å². The fraction of sp³-hybridized carbons (Fsp3) is 0.304. The molecular formula is C23H24N2O5S. The number of carbonyl (C=O) groups excluding carboxylic acids is 3. The fourth-order valence-electron chi connectivity index (χ4n) is 2.78. The predicted octanol–water partition coefficient (Wildman–Crippen LogP) is 4.54. The van der Waals surface area contributed by atoms with Crippen molar-refractivity contribution in [3.63, 3.8) is 0 Å². The van der Waals surface area contributed by atoms with Crippen molar-refractivity contribution in [2.75, 3.05) is 18.5 Å². The first kappa shape index (κ1) is 22.4. The van der Waals surface area contributed by atoms with E-state index in [0.29, 0.717) is 23.1 Å². The largest absolute Gasteiger partial charge is 0.494 e. The molecule has 3 aromatic rings. The number of hydrogen-bond donors (Lipinski definition) is 1. The van der Waals surface area contributed by atoms with Crippen LogP contribution in [0.2, 0.25) is 0 Å². The van der Waals surface area contributed by atoms with Crippen molar-refractivity contribution in [1.29, 1.82) is 0 Å². The molecule has 0 aliphatic carbocycles. The molecular weight excluding hydrogens is 416 g/mol. The first-order valence-corrected chi connectivity index (χ1v) is 10.8. The average Bonchev–Trinajstić information content (AvgIpc) is 3.16. The molecule has 0 radical (unpaired) electrons. The minimum Gasteiger partial charge on any atom is -0.494 e. The van der Waals surface area contributed by atoms with Crippen LogP contribution in [0, 0.1) is 6.92 Å². The molecule has 2 aromatic carbocycles. The summed E-state index contributed by atoms with van der Waals surface area (Å²) < 4.78 is 11.4. The molecule has 1 heterocycles. The number of esters is 1. The summed E-state index contributed by atoms with van der Waals surface area (Å²) in [5.41, 5.74) is 2.41. The Morgan fingerprint density at radius 2 is 1.84 bits per heavy atom. The molecule has 7 nitrogen and oxygen atoms in total. The van der Waals surface area contributed by atoms with E-state index in [2.05, 4.69) is 10.3 Å². The van der Waals surface area contributed by atoms with Gasteiger partial charge in [-0.1, -0.05) is 24.3 Å². The minimum atomic E-state index is -0.605. The van der Waals surface area contributed by atoms with E-state index >= 15 is 0 Å². The van der Waals surface area contributed by atoms with Crippen LogP contribution >= 0.6 is 11.3 Å². The molecule has 0 saturated heterocycles. The van der Waals surface area contributed by atoms with Crippen LogP contribution in [0.1, 0.15) is 42.1 Å². The molecule has 1 amide bonds. The van der Waals surface area contributed by atoms with Crippen LogP contribution in [0.3, 0.4) is 0 Å². The van der Waals surface area contributed by atoms with Crippen molar-refractivity contribution in [2.24, 2.45) is 0 Å². The summed E-state index contributed by atoms with van der Waals surface area (Å²) in [5, 5.41) is 3.08. The van der Waals surface area contributed by atoms with Gasteiger partial charge in [-0.3, -0.25) is 19.7 Å². The van der Waals surface area contributed by atoms with Gasteiger partial charge in [0.25, 0.3) is 5.91 Å². The highest BCUT2D eigenvalue weighted by molar-refractivity contribution is 7.22. The number of carbonyl (C=O) groups is 3. The molecule has 0 spiro atoms. The number of aromatic nitrogens is 1. The van der Waals surface area contributed by atoms with Crippen LogP contribution in [0.4, 0.5) is 5.13 Å². The lowest BCUT2D eigenvalue weighted by Crippen LogP contribution is -2.21. The standard InChI is InChI=1S/C23H24N2O5S/c1-3-12-29-17-7-5-16(6-8-17)19(26)10-11-22(28)30-14-21(27)25-23-24-18-9-4-15(2)13-20(18)31-23/h4-9,13H,3,10-12,14H2,1-2H3,(H,24,25,27). The van der Waals surface area contributed by atoms with Crippen molar-refractivity contribution in [2.45, 2.75) is 33.1 Å². The van der Waals surface area contributed by atoms with Gasteiger partial charge in [0.1, 0.15) is 5.75 Å². The number of Topliss-reactive ketones (excluding diaryl/α,β-unsaturated/α-hetero) is 1. The van der Waals surface area contributed by atoms with Crippen LogP contribution in [0.5, 0.6) is 5.75 Å². The topological polar surface area (TPSA) is 94.6 Å². The van der Waals surface area contributed by atoms with E-state index in [1.165, 1.54) is 11.3 Å². The van der Waals surface area contributed by atoms with Crippen molar-refractivity contribution in [1.82, 2.24) is 4.98 Å². The summed E-state index contributed by atoms with van der Waals surface area (Å²) in [6.07, 6.45) is 0.814. The Morgan fingerprint density at radius 3 is 2.58 bits per heavy atom. The molecule has 0 aliphatic heterocycles. The van der Waals surface area contributed by atoms with Gasteiger partial charge in [-0.15, -0.1) is 0 Å². The van der Waals surface area contributed by atoms with Crippen LogP contribution < -0.4 is 10.1 Å². The molecule has 3 rings (SSSR count). The second-order valence-electron chi connectivity index (χ2n) is 7.00. The Balaban J connectivity index is 1.40. The third-order valence-corrected chi connectivity index (χ3v) is 5.29. The highest BCUT2D eigenvalue weighted by atomic mass is 32.1. The minimum absolute atomic E-state index is 0.00678. The van der Waals surface area contributed by atoms with Gasteiger partial charge in [-0.25, -0.2) is 4.98 Å². The highest BCUT2D eigenvalue weighted by Crippen LogP contribution is 2.26. The number of nitrogens with zero attached hydrogens (tertiary/aromatic N) is 1. The zero-order valence-electron chi connectivity index (χ0n) is 17.5. The molecule has 0 aliphatic rings. The number of anilines is 1. The number of benzene rings is 2. The van der Waals surface area contributed by atoms with Crippen LogP contribution in [0.25, 0.3) is 10.2 Å². The lowest BCUT2D eigenvalue weighted by Gasteiger charge is -2.06. The van der Waals surface area contributed by atoms with Crippen LogP contribution in [-0.4, -0.2) is 35.9 Å². The zero-order chi connectivity index (χ0) is 22.2. The van der Waals surface area contributed by atoms with Gasteiger partial charge in [0.2, 0.25) is 0 Å². The van der Waals surface area contributed by atoms with Gasteiger partial charge in [0.15, 0.2) is 17.5 Å². The molecule has 0 fully saturated rings. The monoisotopic (exact) mass is 440 g/mol. The fourth-order valence-corrected chi connectivity index (χ4v) is 3.76. The maximum absolute atomic E-state index is 12.2. The van der Waals surface area contributed by atoms with Crippen molar-refractivity contribution >= 4 is 44.3 Å². The molecule has 0 unspecified atom stereocenters. The molecule has 31 heavy (non-hydrogen) atoms. The SMILES string of the molecule is CCCOc1ccc(C(=O)CCC(=O)OCC(=O)Nc2nc3ccc(C)cc3s2)cc1. The molecule has 162 valence electrons. The number of thiazole rings is 1. The maximum Gasteiger partial charge on any atom is 0.306 e. The van der Waals surface area contributed by atoms with E-state index < -0.39 is 18.5 Å². The predicted molar refractivity (Wildman–Crippen MR) is 120 cm³/mol. The van der Waals surface area contributed by atoms with Gasteiger partial charge >= 0.3 is 5.97 Å². The van der Waals surface area contributed by atoms with E-state index in [4.69, 9.17) is 9.47 Å². The van der Waals surface area contributed by atoms with Crippen molar-refractivity contribution < 1.29 is 23.9 Å². The van der Waals surface area contributed by atoms with Gasteiger partial charge in [-0.05, 0) is 55.3 Å². The molecule has 1 N–H and O–H groups in total. The summed E-state index contributed by atoms with van der Waals surface area (Å²) in [4.78, 5) is 40.5. The van der Waals surface area contributed by atoms with Crippen LogP contribution in [0.15, 0.2) is 42.5 Å². The van der Waals surface area contributed by atoms with E-state index in [9.17, 15) is 14.4 Å². The first-order valence-electron chi connectivity index (χ1n) is 10.0. The molecule has 0 bridgehead atoms. The number of amides is 1. The molecule has 1 aromatic heterocycles. The number of aryl methyl sites for hydroxylation is 1. The number of rotatable bonds is 10. The number of fused-ring (bicyclic) bond motifs is 1. The lowest BCUT2D eigenvalue weighted by molar-refractivity contribution is -0.147. The second kappa shape index (κ2) is 10.7. The summed E-state index contributed by atoms with van der Waals surface area (Å²) in [7, 11) is 0. The number of ketones is 1. The average molecular weight is 441 g/mol. The van der Waals surface area contributed by atoms with E-state index in [-0.39, 0.29) is 18.6 Å². The van der Waals surface area contributed by atoms with Gasteiger partial charge < -0.3 is 9.47 Å². The van der Waals surface area contributed by atoms with Crippen LogP contribution in [-0.2, 0) is 14.3 Å². The van der Waals surface area contributed by atoms with Gasteiger partial charge in [0, 0.05) is 12.0 Å². The van der Waals surface area contributed by atoms with Crippen molar-refractivity contribution in [3.8, 4) is 5.75 Å². The maximum atomic E-state index is 12.2. The van der Waals surface area contributed by atoms with Gasteiger partial charge in [-0.2, -0.15) is 0 Å². The Kier molecular flexibility index (Phi) is 7.72. The zero-order valence-corrected chi connectivity index (χ0v) is 18.3. The third kappa shape index (κ3) is 6.62. The van der Waals surface area contributed by atoms with E-state index in [0.717, 1.165) is 22.2 Å². The Hall–Kier alpha value is -3.26. The number of nitrogens with one attached hydrogen (secondary N) is 1. The lowest BCUT2D eigenvalue weighted by atomic mass is 10.1. The summed E-state index contributed by atoms with van der Waals surface area (Å²) in [6.45, 7) is 4.19. The Labute approximate surface area is 184 Å². The highest BCUT2D eigenvalue weighted by Gasteiger charge is 2.13. The van der Waals surface area contributed by atoms with E-state index in [1.807, 2.05) is 32.0 Å². The normalized spacial score (nSPS) is 10.6. The Bertz CT molecular complexity index is 1080. The molecule has 8 heteroatoms. The number of hydrogen-bond acceptors (Lipinski definition) is 7. The van der Waals surface area contributed by atoms with Gasteiger partial charge in [0.05, 0.1) is 23.2 Å². The quantitative estimate of drug-likeness (QED) is 0.367. The first-order chi connectivity index (χ1) is 14.9. The molecule has 0 atom stereocenters. The smallest absolute Gasteiger partial charge is 0.306 e. The second-order valence-corrected chi connectivity index (χ2v) is 8.03. The summed E-state index contributed by atoms with van der Waals surface area (Å²) in [5.74, 6) is -0.551. The van der Waals surface area contributed by atoms with E-state index in [1.54, 1.807) is 24.3 Å². The Morgan fingerprint density at radius 1 is 1.06 bits per heavy atom. The summed E-state index contributed by atoms with van der Waals surface area (Å²) >= 11 is 1.35. The molecule has 0 saturated carbocycles. The third-order valence-electron chi connectivity index (χ3n) is 4.36.